The molecular weight excluding hydrogens is 334 g/mol. The maximum atomic E-state index is 12.5. The van der Waals surface area contributed by atoms with Gasteiger partial charge in [0.15, 0.2) is 11.5 Å². The number of anilines is 1. The second kappa shape index (κ2) is 6.06. The molecule has 0 aliphatic rings. The molecule has 0 saturated carbocycles. The van der Waals surface area contributed by atoms with E-state index < -0.39 is 15.7 Å². The van der Waals surface area contributed by atoms with Gasteiger partial charge >= 0.3 is 5.69 Å². The molecule has 0 unspecified atom stereocenters. The number of benzene rings is 1. The molecule has 0 saturated heterocycles. The minimum Gasteiger partial charge on any atom is -0.395 e. The molecule has 0 amide bonds. The Kier molecular flexibility index (Phi) is 4.08. The van der Waals surface area contributed by atoms with Crippen LogP contribution in [0.25, 0.3) is 11.2 Å². The van der Waals surface area contributed by atoms with Crippen molar-refractivity contribution >= 4 is 27.0 Å². The lowest BCUT2D eigenvalue weighted by atomic mass is 10.2. The van der Waals surface area contributed by atoms with Crippen LogP contribution in [0.3, 0.4) is 0 Å². The molecule has 126 valence electrons. The highest BCUT2D eigenvalue weighted by atomic mass is 32.2. The standard InChI is InChI=1S/C14H15N5O4S/c1-9-2-4-10(5-3-9)24(22,23)18-12-11-13(17-14(21)16-12)19(6-7-20)8-15-11/h2-5,8,20H,6-7H2,1H3,(H2,16,17,18,21). The van der Waals surface area contributed by atoms with Crippen LogP contribution in [0.15, 0.2) is 40.3 Å². The predicted molar refractivity (Wildman–Crippen MR) is 87.2 cm³/mol. The van der Waals surface area contributed by atoms with Crippen molar-refractivity contribution in [3.05, 3.63) is 46.6 Å². The lowest BCUT2D eigenvalue weighted by Gasteiger charge is -2.08. The van der Waals surface area contributed by atoms with Crippen molar-refractivity contribution in [2.45, 2.75) is 18.4 Å². The van der Waals surface area contributed by atoms with Crippen molar-refractivity contribution in [2.24, 2.45) is 0 Å². The zero-order chi connectivity index (χ0) is 17.3. The third-order valence-electron chi connectivity index (χ3n) is 3.39. The summed E-state index contributed by atoms with van der Waals surface area (Å²) >= 11 is 0. The summed E-state index contributed by atoms with van der Waals surface area (Å²) in [7, 11) is -3.89. The Morgan fingerprint density at radius 2 is 2.00 bits per heavy atom. The molecule has 24 heavy (non-hydrogen) atoms. The van der Waals surface area contributed by atoms with Gasteiger partial charge in [-0.25, -0.2) is 18.2 Å². The summed E-state index contributed by atoms with van der Waals surface area (Å²) in [5.74, 6) is -0.0673. The first-order valence-corrected chi connectivity index (χ1v) is 8.54. The van der Waals surface area contributed by atoms with Crippen molar-refractivity contribution in [3.8, 4) is 0 Å². The summed E-state index contributed by atoms with van der Waals surface area (Å²) in [4.78, 5) is 22.0. The second-order valence-electron chi connectivity index (χ2n) is 5.17. The van der Waals surface area contributed by atoms with Crippen molar-refractivity contribution in [1.29, 1.82) is 0 Å². The van der Waals surface area contributed by atoms with Crippen LogP contribution >= 0.6 is 0 Å². The number of aliphatic hydroxyl groups excluding tert-OH is 1. The van der Waals surface area contributed by atoms with Gasteiger partial charge in [0, 0.05) is 6.54 Å². The van der Waals surface area contributed by atoms with Gasteiger partial charge in [-0.2, -0.15) is 4.98 Å². The Balaban J connectivity index is 2.06. The highest BCUT2D eigenvalue weighted by Gasteiger charge is 2.18. The predicted octanol–water partition coefficient (Wildman–Crippen LogP) is 0.221. The molecule has 0 spiro atoms. The lowest BCUT2D eigenvalue weighted by Crippen LogP contribution is -2.20. The van der Waals surface area contributed by atoms with E-state index in [4.69, 9.17) is 5.11 Å². The maximum absolute atomic E-state index is 12.5. The molecule has 0 bridgehead atoms. The van der Waals surface area contributed by atoms with Gasteiger partial charge in [0.2, 0.25) is 0 Å². The zero-order valence-corrected chi connectivity index (χ0v) is 13.5. The van der Waals surface area contributed by atoms with E-state index in [9.17, 15) is 13.2 Å². The molecule has 9 nitrogen and oxygen atoms in total. The molecule has 3 N–H and O–H groups in total. The van der Waals surface area contributed by atoms with Gasteiger partial charge in [0.25, 0.3) is 10.0 Å². The monoisotopic (exact) mass is 349 g/mol. The molecule has 10 heteroatoms. The summed E-state index contributed by atoms with van der Waals surface area (Å²) in [6, 6.07) is 6.29. The highest BCUT2D eigenvalue weighted by Crippen LogP contribution is 2.20. The van der Waals surface area contributed by atoms with Crippen molar-refractivity contribution in [3.63, 3.8) is 0 Å². The molecule has 0 radical (unpaired) electrons. The number of sulfonamides is 1. The largest absolute Gasteiger partial charge is 0.395 e. The molecule has 0 fully saturated rings. The van der Waals surface area contributed by atoms with Crippen molar-refractivity contribution in [1.82, 2.24) is 19.5 Å². The van der Waals surface area contributed by atoms with Crippen LogP contribution in [0.2, 0.25) is 0 Å². The van der Waals surface area contributed by atoms with Crippen molar-refractivity contribution < 1.29 is 13.5 Å². The molecule has 0 aliphatic heterocycles. The van der Waals surface area contributed by atoms with Crippen molar-refractivity contribution in [2.75, 3.05) is 11.3 Å². The third kappa shape index (κ3) is 3.01. The lowest BCUT2D eigenvalue weighted by molar-refractivity contribution is 0.277. The Bertz CT molecular complexity index is 1040. The van der Waals surface area contributed by atoms with E-state index >= 15 is 0 Å². The number of hydrogen-bond acceptors (Lipinski definition) is 6. The minimum atomic E-state index is -3.89. The van der Waals surface area contributed by atoms with E-state index in [1.165, 1.54) is 23.0 Å². The van der Waals surface area contributed by atoms with Crippen LogP contribution in [-0.4, -0.2) is 39.7 Å². The number of aromatic nitrogens is 4. The molecule has 2 aromatic heterocycles. The minimum absolute atomic E-state index is 0.0636. The smallest absolute Gasteiger partial charge is 0.348 e. The van der Waals surface area contributed by atoms with E-state index in [-0.39, 0.29) is 35.0 Å². The average molecular weight is 349 g/mol. The number of aryl methyl sites for hydroxylation is 1. The first-order valence-electron chi connectivity index (χ1n) is 7.06. The van der Waals surface area contributed by atoms with Gasteiger partial charge in [-0.3, -0.25) is 9.71 Å². The normalized spacial score (nSPS) is 11.8. The Morgan fingerprint density at radius 3 is 2.67 bits per heavy atom. The summed E-state index contributed by atoms with van der Waals surface area (Å²) in [6.45, 7) is 1.88. The summed E-state index contributed by atoms with van der Waals surface area (Å²) in [6.07, 6.45) is 1.38. The van der Waals surface area contributed by atoms with E-state index in [1.807, 2.05) is 6.92 Å². The molecule has 3 rings (SSSR count). The van der Waals surface area contributed by atoms with Crippen LogP contribution in [-0.2, 0) is 16.6 Å². The van der Waals surface area contributed by atoms with Gasteiger partial charge < -0.3 is 9.67 Å². The van der Waals surface area contributed by atoms with Gasteiger partial charge in [0.1, 0.15) is 5.52 Å². The molecule has 1 aromatic carbocycles. The summed E-state index contributed by atoms with van der Waals surface area (Å²) in [5, 5.41) is 9.02. The quantitative estimate of drug-likeness (QED) is 0.604. The fourth-order valence-electron chi connectivity index (χ4n) is 2.22. The number of nitrogens with one attached hydrogen (secondary N) is 2. The number of imidazole rings is 1. The van der Waals surface area contributed by atoms with E-state index in [1.54, 1.807) is 12.1 Å². The Labute approximate surface area is 137 Å². The number of fused-ring (bicyclic) bond motifs is 1. The topological polar surface area (TPSA) is 130 Å². The van der Waals surface area contributed by atoms with Crippen LogP contribution in [0.5, 0.6) is 0 Å². The molecule has 2 heterocycles. The fourth-order valence-corrected chi connectivity index (χ4v) is 3.24. The highest BCUT2D eigenvalue weighted by molar-refractivity contribution is 7.92. The second-order valence-corrected chi connectivity index (χ2v) is 6.85. The Hall–Kier alpha value is -2.72. The Morgan fingerprint density at radius 1 is 1.29 bits per heavy atom. The van der Waals surface area contributed by atoms with E-state index in [2.05, 4.69) is 19.7 Å². The zero-order valence-electron chi connectivity index (χ0n) is 12.7. The number of H-pyrrole nitrogens is 1. The van der Waals surface area contributed by atoms with E-state index in [0.717, 1.165) is 5.56 Å². The molecule has 0 atom stereocenters. The van der Waals surface area contributed by atoms with Crippen LogP contribution in [0.1, 0.15) is 5.56 Å². The fraction of sp³-hybridized carbons (Fsp3) is 0.214. The number of aliphatic hydroxyl groups is 1. The molecule has 3 aromatic rings. The van der Waals surface area contributed by atoms with Gasteiger partial charge in [0.05, 0.1) is 17.8 Å². The number of aromatic amines is 1. The SMILES string of the molecule is Cc1ccc(S(=O)(=O)Nc2[nH]c(=O)nc3c2ncn3CCO)cc1. The molecule has 0 aliphatic carbocycles. The third-order valence-corrected chi connectivity index (χ3v) is 4.76. The first kappa shape index (κ1) is 16.1. The number of nitrogens with zero attached hydrogens (tertiary/aromatic N) is 3. The summed E-state index contributed by atoms with van der Waals surface area (Å²) < 4.78 is 28.7. The van der Waals surface area contributed by atoms with Crippen LogP contribution in [0, 0.1) is 6.92 Å². The van der Waals surface area contributed by atoms with Crippen LogP contribution < -0.4 is 10.4 Å². The first-order chi connectivity index (χ1) is 11.4. The number of hydrogen-bond donors (Lipinski definition) is 3. The number of rotatable bonds is 5. The van der Waals surface area contributed by atoms with E-state index in [0.29, 0.717) is 0 Å². The summed E-state index contributed by atoms with van der Waals surface area (Å²) in [5.41, 5.74) is 0.591. The maximum Gasteiger partial charge on any atom is 0.348 e. The average Bonchev–Trinajstić information content (AvgIpc) is 2.91. The van der Waals surface area contributed by atoms with Crippen LogP contribution in [0.4, 0.5) is 5.82 Å². The van der Waals surface area contributed by atoms with Gasteiger partial charge in [-0.15, -0.1) is 0 Å². The molecular formula is C14H15N5O4S. The van der Waals surface area contributed by atoms with Gasteiger partial charge in [-0.05, 0) is 19.1 Å². The van der Waals surface area contributed by atoms with Gasteiger partial charge in [-0.1, -0.05) is 17.7 Å².